The van der Waals surface area contributed by atoms with E-state index in [-0.39, 0.29) is 0 Å². The molecule has 0 fully saturated rings. The Bertz CT molecular complexity index is 466. The van der Waals surface area contributed by atoms with Crippen molar-refractivity contribution in [1.29, 1.82) is 0 Å². The minimum atomic E-state index is 0.486. The Hall–Kier alpha value is -1.31. The van der Waals surface area contributed by atoms with Crippen molar-refractivity contribution in [3.05, 3.63) is 29.7 Å². The van der Waals surface area contributed by atoms with Gasteiger partial charge in [0.15, 0.2) is 0 Å². The molecule has 0 aliphatic rings. The number of fused-ring (bicyclic) bond motifs is 1. The summed E-state index contributed by atoms with van der Waals surface area (Å²) in [5.41, 5.74) is 3.81. The van der Waals surface area contributed by atoms with Crippen molar-refractivity contribution < 1.29 is 0 Å². The molecule has 0 spiro atoms. The lowest BCUT2D eigenvalue weighted by atomic mass is 10.0. The van der Waals surface area contributed by atoms with Crippen LogP contribution in [0.1, 0.15) is 31.0 Å². The van der Waals surface area contributed by atoms with Crippen molar-refractivity contribution in [2.75, 3.05) is 0 Å². The third-order valence-corrected chi connectivity index (χ3v) is 2.67. The second kappa shape index (κ2) is 3.12. The van der Waals surface area contributed by atoms with Crippen LogP contribution in [0.2, 0.25) is 0 Å². The minimum absolute atomic E-state index is 0.486. The van der Waals surface area contributed by atoms with Crippen LogP contribution in [0, 0.1) is 6.92 Å². The summed E-state index contributed by atoms with van der Waals surface area (Å²) in [7, 11) is 2.08. The van der Waals surface area contributed by atoms with Crippen molar-refractivity contribution >= 4 is 10.9 Å². The van der Waals surface area contributed by atoms with Gasteiger partial charge in [-0.25, -0.2) is 0 Å². The van der Waals surface area contributed by atoms with Gasteiger partial charge >= 0.3 is 0 Å². The maximum absolute atomic E-state index is 4.47. The summed E-state index contributed by atoms with van der Waals surface area (Å²) in [5, 5.41) is 1.32. The monoisotopic (exact) mass is 188 g/mol. The Morgan fingerprint density at radius 3 is 2.71 bits per heavy atom. The van der Waals surface area contributed by atoms with E-state index in [1.54, 1.807) is 0 Å². The quantitative estimate of drug-likeness (QED) is 0.672. The van der Waals surface area contributed by atoms with E-state index in [0.29, 0.717) is 5.92 Å². The van der Waals surface area contributed by atoms with Gasteiger partial charge in [-0.3, -0.25) is 4.98 Å². The highest BCUT2D eigenvalue weighted by atomic mass is 14.9. The highest BCUT2D eigenvalue weighted by Crippen LogP contribution is 2.26. The number of aromatic nitrogens is 2. The smallest absolute Gasteiger partial charge is 0.0525 e. The van der Waals surface area contributed by atoms with E-state index < -0.39 is 0 Å². The van der Waals surface area contributed by atoms with Crippen LogP contribution in [-0.2, 0) is 7.05 Å². The zero-order chi connectivity index (χ0) is 10.3. The molecule has 0 amide bonds. The number of pyridine rings is 1. The summed E-state index contributed by atoms with van der Waals surface area (Å²) >= 11 is 0. The molecule has 0 aromatic carbocycles. The second-order valence-corrected chi connectivity index (χ2v) is 4.17. The van der Waals surface area contributed by atoms with E-state index >= 15 is 0 Å². The third-order valence-electron chi connectivity index (χ3n) is 2.67. The summed E-state index contributed by atoms with van der Waals surface area (Å²) in [6.07, 6.45) is 4.06. The third kappa shape index (κ3) is 1.22. The van der Waals surface area contributed by atoms with Crippen molar-refractivity contribution in [3.63, 3.8) is 0 Å². The summed E-state index contributed by atoms with van der Waals surface area (Å²) in [5.74, 6) is 0.486. The summed E-state index contributed by atoms with van der Waals surface area (Å²) < 4.78 is 2.16. The summed E-state index contributed by atoms with van der Waals surface area (Å²) in [6.45, 7) is 6.53. The van der Waals surface area contributed by atoms with Crippen molar-refractivity contribution in [1.82, 2.24) is 9.55 Å². The molecule has 2 heterocycles. The predicted molar refractivity (Wildman–Crippen MR) is 59.5 cm³/mol. The SMILES string of the molecule is Cc1cn(C)c2ccnc(C(C)C)c12. The van der Waals surface area contributed by atoms with Crippen LogP contribution < -0.4 is 0 Å². The summed E-state index contributed by atoms with van der Waals surface area (Å²) in [6, 6.07) is 2.08. The molecular weight excluding hydrogens is 172 g/mol. The average Bonchev–Trinajstić information content (AvgIpc) is 2.43. The fourth-order valence-corrected chi connectivity index (χ4v) is 2.03. The van der Waals surface area contributed by atoms with E-state index in [2.05, 4.69) is 49.6 Å². The van der Waals surface area contributed by atoms with Crippen LogP contribution in [0.15, 0.2) is 18.5 Å². The molecular formula is C12H16N2. The fraction of sp³-hybridized carbons (Fsp3) is 0.417. The van der Waals surface area contributed by atoms with E-state index in [1.165, 1.54) is 22.2 Å². The number of aryl methyl sites for hydroxylation is 2. The fourth-order valence-electron chi connectivity index (χ4n) is 2.03. The molecule has 0 N–H and O–H groups in total. The van der Waals surface area contributed by atoms with Crippen LogP contribution in [0.4, 0.5) is 0 Å². The first-order valence-corrected chi connectivity index (χ1v) is 5.01. The van der Waals surface area contributed by atoms with E-state index in [9.17, 15) is 0 Å². The Morgan fingerprint density at radius 2 is 2.07 bits per heavy atom. The molecule has 0 radical (unpaired) electrons. The molecule has 0 aliphatic carbocycles. The number of hydrogen-bond acceptors (Lipinski definition) is 1. The van der Waals surface area contributed by atoms with Gasteiger partial charge in [-0.1, -0.05) is 13.8 Å². The Labute approximate surface area is 84.6 Å². The highest BCUT2D eigenvalue weighted by molar-refractivity contribution is 5.86. The molecule has 2 aromatic rings. The Balaban J connectivity index is 2.85. The number of nitrogens with zero attached hydrogens (tertiary/aromatic N) is 2. The zero-order valence-corrected chi connectivity index (χ0v) is 9.20. The van der Waals surface area contributed by atoms with Crippen molar-refractivity contribution in [3.8, 4) is 0 Å². The first-order chi connectivity index (χ1) is 6.61. The standard InChI is InChI=1S/C12H16N2/c1-8(2)12-11-9(3)7-14(4)10(11)5-6-13-12/h5-8H,1-4H3. The van der Waals surface area contributed by atoms with Gasteiger partial charge in [0.1, 0.15) is 0 Å². The number of rotatable bonds is 1. The molecule has 2 rings (SSSR count). The topological polar surface area (TPSA) is 17.8 Å². The highest BCUT2D eigenvalue weighted by Gasteiger charge is 2.11. The van der Waals surface area contributed by atoms with Crippen molar-refractivity contribution in [2.24, 2.45) is 7.05 Å². The van der Waals surface area contributed by atoms with Gasteiger partial charge in [-0.05, 0) is 24.5 Å². The molecule has 2 aromatic heterocycles. The Morgan fingerprint density at radius 1 is 1.36 bits per heavy atom. The van der Waals surface area contributed by atoms with Crippen LogP contribution in [0.3, 0.4) is 0 Å². The maximum Gasteiger partial charge on any atom is 0.0525 e. The molecule has 14 heavy (non-hydrogen) atoms. The first kappa shape index (κ1) is 9.25. The van der Waals surface area contributed by atoms with Gasteiger partial charge < -0.3 is 4.57 Å². The lowest BCUT2D eigenvalue weighted by Crippen LogP contribution is -1.94. The molecule has 0 saturated heterocycles. The van der Waals surface area contributed by atoms with Crippen molar-refractivity contribution in [2.45, 2.75) is 26.7 Å². The predicted octanol–water partition coefficient (Wildman–Crippen LogP) is 3.01. The molecule has 74 valence electrons. The molecule has 2 nitrogen and oxygen atoms in total. The number of hydrogen-bond donors (Lipinski definition) is 0. The lowest BCUT2D eigenvalue weighted by molar-refractivity contribution is 0.833. The molecule has 0 saturated carbocycles. The van der Waals surface area contributed by atoms with Crippen LogP contribution in [-0.4, -0.2) is 9.55 Å². The molecule has 0 unspecified atom stereocenters. The van der Waals surface area contributed by atoms with Gasteiger partial charge in [-0.15, -0.1) is 0 Å². The summed E-state index contributed by atoms with van der Waals surface area (Å²) in [4.78, 5) is 4.47. The average molecular weight is 188 g/mol. The molecule has 0 atom stereocenters. The van der Waals surface area contributed by atoms with E-state index in [4.69, 9.17) is 0 Å². The van der Waals surface area contributed by atoms with Crippen LogP contribution >= 0.6 is 0 Å². The minimum Gasteiger partial charge on any atom is -0.350 e. The van der Waals surface area contributed by atoms with E-state index in [0.717, 1.165) is 0 Å². The van der Waals surface area contributed by atoms with Gasteiger partial charge in [0.25, 0.3) is 0 Å². The maximum atomic E-state index is 4.47. The second-order valence-electron chi connectivity index (χ2n) is 4.17. The van der Waals surface area contributed by atoms with Gasteiger partial charge in [0.05, 0.1) is 11.2 Å². The van der Waals surface area contributed by atoms with E-state index in [1.807, 2.05) is 6.20 Å². The molecule has 0 bridgehead atoms. The normalized spacial score (nSPS) is 11.5. The van der Waals surface area contributed by atoms with Gasteiger partial charge in [-0.2, -0.15) is 0 Å². The van der Waals surface area contributed by atoms with Crippen LogP contribution in [0.25, 0.3) is 10.9 Å². The van der Waals surface area contributed by atoms with Gasteiger partial charge in [0.2, 0.25) is 0 Å². The Kier molecular flexibility index (Phi) is 2.06. The largest absolute Gasteiger partial charge is 0.350 e. The zero-order valence-electron chi connectivity index (χ0n) is 9.20. The van der Waals surface area contributed by atoms with Gasteiger partial charge in [0, 0.05) is 24.8 Å². The first-order valence-electron chi connectivity index (χ1n) is 5.01. The molecule has 2 heteroatoms. The van der Waals surface area contributed by atoms with Crippen LogP contribution in [0.5, 0.6) is 0 Å². The lowest BCUT2D eigenvalue weighted by Gasteiger charge is -2.06. The molecule has 0 aliphatic heterocycles.